The van der Waals surface area contributed by atoms with E-state index in [-0.39, 0.29) is 16.4 Å². The van der Waals surface area contributed by atoms with E-state index in [1.807, 2.05) is 18.2 Å². The van der Waals surface area contributed by atoms with E-state index in [1.165, 1.54) is 102 Å². The highest BCUT2D eigenvalue weighted by atomic mass is 32.2. The van der Waals surface area contributed by atoms with Gasteiger partial charge in [-0.25, -0.2) is 0 Å². The summed E-state index contributed by atoms with van der Waals surface area (Å²) < 4.78 is 39.4. The second kappa shape index (κ2) is 19.8. The zero-order valence-corrected chi connectivity index (χ0v) is 24.7. The number of hydrogen-bond donors (Lipinski definition) is 1. The molecule has 0 saturated carbocycles. The van der Waals surface area contributed by atoms with Crippen LogP contribution in [0.2, 0.25) is 0 Å². The van der Waals surface area contributed by atoms with Crippen molar-refractivity contribution in [2.45, 2.75) is 127 Å². The molecule has 0 aliphatic heterocycles. The van der Waals surface area contributed by atoms with Crippen molar-refractivity contribution in [1.82, 2.24) is 0 Å². The predicted molar refractivity (Wildman–Crippen MR) is 162 cm³/mol. The second-order valence-electron chi connectivity index (χ2n) is 10.7. The summed E-state index contributed by atoms with van der Waals surface area (Å²) in [6, 6.07) is 10.6. The van der Waals surface area contributed by atoms with Gasteiger partial charge in [0.2, 0.25) is 0 Å². The summed E-state index contributed by atoms with van der Waals surface area (Å²) in [7, 11) is -4.37. The molecule has 0 heterocycles. The van der Waals surface area contributed by atoms with Crippen molar-refractivity contribution in [1.29, 1.82) is 0 Å². The highest BCUT2D eigenvalue weighted by molar-refractivity contribution is 7.86. The molecule has 6 heteroatoms. The van der Waals surface area contributed by atoms with Crippen molar-refractivity contribution in [3.63, 3.8) is 0 Å². The van der Waals surface area contributed by atoms with E-state index in [9.17, 15) is 17.8 Å². The van der Waals surface area contributed by atoms with E-state index >= 15 is 0 Å². The summed E-state index contributed by atoms with van der Waals surface area (Å²) in [4.78, 5) is 11.0. The first kappa shape index (κ1) is 33.0. The van der Waals surface area contributed by atoms with Crippen molar-refractivity contribution in [3.8, 4) is 5.75 Å². The van der Waals surface area contributed by atoms with Crippen LogP contribution in [0.3, 0.4) is 0 Å². The fourth-order valence-corrected chi connectivity index (χ4v) is 5.96. The molecule has 0 unspecified atom stereocenters. The van der Waals surface area contributed by atoms with Gasteiger partial charge in [-0.3, -0.25) is 9.35 Å². The molecule has 0 spiro atoms. The average Bonchev–Trinajstić information content (AvgIpc) is 2.92. The SMILES string of the molecule is C=CC(=O)CCCCCCCCCCCCCCCCCCCCOc1ccc2ccccc2c1S(=O)(=O)O. The fourth-order valence-electron chi connectivity index (χ4n) is 5.12. The van der Waals surface area contributed by atoms with Gasteiger partial charge in [-0.2, -0.15) is 8.42 Å². The fraction of sp³-hybridized carbons (Fsp3) is 0.606. The molecule has 5 nitrogen and oxygen atoms in total. The predicted octanol–water partition coefficient (Wildman–Crippen LogP) is 9.63. The first-order chi connectivity index (χ1) is 18.9. The quantitative estimate of drug-likeness (QED) is 0.0788. The normalized spacial score (nSPS) is 11.6. The minimum Gasteiger partial charge on any atom is -0.492 e. The maximum absolute atomic E-state index is 12.0. The highest BCUT2D eigenvalue weighted by Crippen LogP contribution is 2.32. The Morgan fingerprint density at radius 2 is 1.15 bits per heavy atom. The Balaban J connectivity index is 1.39. The third kappa shape index (κ3) is 14.1. The lowest BCUT2D eigenvalue weighted by Gasteiger charge is -2.12. The molecule has 1 N–H and O–H groups in total. The molecule has 0 saturated heterocycles. The zero-order chi connectivity index (χ0) is 28.2. The van der Waals surface area contributed by atoms with Gasteiger partial charge in [-0.1, -0.05) is 140 Å². The number of fused-ring (bicyclic) bond motifs is 1. The molecule has 0 amide bonds. The second-order valence-corrected chi connectivity index (χ2v) is 12.1. The topological polar surface area (TPSA) is 80.7 Å². The molecule has 0 fully saturated rings. The first-order valence-electron chi connectivity index (χ1n) is 15.2. The van der Waals surface area contributed by atoms with E-state index in [0.717, 1.165) is 24.6 Å². The van der Waals surface area contributed by atoms with E-state index in [0.29, 0.717) is 18.4 Å². The van der Waals surface area contributed by atoms with Crippen LogP contribution in [0, 0.1) is 0 Å². The van der Waals surface area contributed by atoms with Crippen LogP contribution in [0.4, 0.5) is 0 Å². The Labute approximate surface area is 237 Å². The lowest BCUT2D eigenvalue weighted by atomic mass is 10.0. The van der Waals surface area contributed by atoms with E-state index in [2.05, 4.69) is 6.58 Å². The summed E-state index contributed by atoms with van der Waals surface area (Å²) in [5.41, 5.74) is 0. The van der Waals surface area contributed by atoms with Crippen LogP contribution >= 0.6 is 0 Å². The van der Waals surface area contributed by atoms with Gasteiger partial charge in [0.25, 0.3) is 10.1 Å². The van der Waals surface area contributed by atoms with E-state index < -0.39 is 10.1 Å². The van der Waals surface area contributed by atoms with Crippen LogP contribution in [-0.4, -0.2) is 25.4 Å². The van der Waals surface area contributed by atoms with Gasteiger partial charge < -0.3 is 4.74 Å². The van der Waals surface area contributed by atoms with Crippen molar-refractivity contribution in [3.05, 3.63) is 49.1 Å². The summed E-state index contributed by atoms with van der Waals surface area (Å²) in [5, 5.41) is 1.24. The lowest BCUT2D eigenvalue weighted by molar-refractivity contribution is -0.114. The number of ketones is 1. The van der Waals surface area contributed by atoms with Crippen molar-refractivity contribution < 1.29 is 22.5 Å². The molecule has 0 aliphatic rings. The van der Waals surface area contributed by atoms with E-state index in [4.69, 9.17) is 4.74 Å². The number of carbonyl (C=O) groups is 1. The lowest BCUT2D eigenvalue weighted by Crippen LogP contribution is -2.06. The zero-order valence-electron chi connectivity index (χ0n) is 23.9. The largest absolute Gasteiger partial charge is 0.492 e. The number of ether oxygens (including phenoxy) is 1. The van der Waals surface area contributed by atoms with Gasteiger partial charge in [-0.15, -0.1) is 0 Å². The Hall–Kier alpha value is -2.18. The van der Waals surface area contributed by atoms with E-state index in [1.54, 1.807) is 18.2 Å². The van der Waals surface area contributed by atoms with Gasteiger partial charge in [0, 0.05) is 11.8 Å². The Morgan fingerprint density at radius 1 is 0.692 bits per heavy atom. The van der Waals surface area contributed by atoms with Gasteiger partial charge in [0.05, 0.1) is 6.61 Å². The maximum atomic E-state index is 12.0. The van der Waals surface area contributed by atoms with Crippen molar-refractivity contribution >= 4 is 26.7 Å². The molecule has 2 aromatic carbocycles. The van der Waals surface area contributed by atoms with Gasteiger partial charge in [0.1, 0.15) is 10.6 Å². The number of hydrogen-bond acceptors (Lipinski definition) is 4. The van der Waals surface area contributed by atoms with Crippen molar-refractivity contribution in [2.24, 2.45) is 0 Å². The molecule has 0 atom stereocenters. The molecule has 2 rings (SSSR count). The third-order valence-electron chi connectivity index (χ3n) is 7.40. The molecule has 0 aromatic heterocycles. The van der Waals surface area contributed by atoms with Crippen LogP contribution in [-0.2, 0) is 14.9 Å². The highest BCUT2D eigenvalue weighted by Gasteiger charge is 2.20. The summed E-state index contributed by atoms with van der Waals surface area (Å²) >= 11 is 0. The molecule has 218 valence electrons. The van der Waals surface area contributed by atoms with Gasteiger partial charge in [-0.05, 0) is 30.4 Å². The summed E-state index contributed by atoms with van der Waals surface area (Å²) in [5.74, 6) is 0.397. The molecule has 0 aliphatic carbocycles. The van der Waals surface area contributed by atoms with Crippen LogP contribution in [0.1, 0.15) is 122 Å². The Bertz CT molecular complexity index is 1080. The number of carbonyl (C=O) groups excluding carboxylic acids is 1. The molecular formula is C33H50O5S. The summed E-state index contributed by atoms with van der Waals surface area (Å²) in [6.45, 7) is 3.96. The monoisotopic (exact) mass is 558 g/mol. The Kier molecular flexibility index (Phi) is 16.8. The number of allylic oxidation sites excluding steroid dienone is 1. The van der Waals surface area contributed by atoms with Crippen LogP contribution < -0.4 is 4.74 Å². The van der Waals surface area contributed by atoms with Crippen molar-refractivity contribution in [2.75, 3.05) is 6.61 Å². The minimum atomic E-state index is -4.37. The Morgan fingerprint density at radius 3 is 1.64 bits per heavy atom. The molecule has 0 bridgehead atoms. The summed E-state index contributed by atoms with van der Waals surface area (Å²) in [6.07, 6.45) is 24.5. The average molecular weight is 559 g/mol. The first-order valence-corrected chi connectivity index (χ1v) is 16.6. The van der Waals surface area contributed by atoms with Crippen LogP contribution in [0.25, 0.3) is 10.8 Å². The number of benzene rings is 2. The standard InChI is InChI=1S/C33H50O5S/c1-2-30(34)24-19-17-15-13-11-9-7-5-3-4-6-8-10-12-14-16-18-22-28-38-32-27-26-29-23-20-21-25-31(29)33(32)39(35,36)37/h2,20-21,23,25-27H,1,3-19,22,24,28H2,(H,35,36,37). The molecule has 0 radical (unpaired) electrons. The third-order valence-corrected chi connectivity index (χ3v) is 8.34. The van der Waals surface area contributed by atoms with Gasteiger partial charge >= 0.3 is 0 Å². The minimum absolute atomic E-state index is 0.137. The van der Waals surface area contributed by atoms with Gasteiger partial charge in [0.15, 0.2) is 5.78 Å². The van der Waals surface area contributed by atoms with Crippen LogP contribution in [0.5, 0.6) is 5.75 Å². The maximum Gasteiger partial charge on any atom is 0.298 e. The molecule has 39 heavy (non-hydrogen) atoms. The molecule has 2 aromatic rings. The number of rotatable bonds is 24. The molecular weight excluding hydrogens is 508 g/mol. The van der Waals surface area contributed by atoms with Crippen LogP contribution in [0.15, 0.2) is 53.9 Å². The smallest absolute Gasteiger partial charge is 0.298 e. The number of unbranched alkanes of at least 4 members (excludes halogenated alkanes) is 17.